The zero-order valence-electron chi connectivity index (χ0n) is 15.1. The molecule has 0 aliphatic heterocycles. The Balaban J connectivity index is 0.000000433. The largest absolute Gasteiger partial charge is 0.550 e. The van der Waals surface area contributed by atoms with Gasteiger partial charge in [0.25, 0.3) is 0 Å². The van der Waals surface area contributed by atoms with Crippen LogP contribution in [0.5, 0.6) is 0 Å². The minimum absolute atomic E-state index is 0.816. The van der Waals surface area contributed by atoms with Crippen molar-refractivity contribution in [2.45, 2.75) is 119 Å². The molecular formula is C20H36O2S. The third-order valence-electron chi connectivity index (χ3n) is 5.81. The Kier molecular flexibility index (Phi) is 8.86. The van der Waals surface area contributed by atoms with Crippen molar-refractivity contribution in [3.05, 3.63) is 0 Å². The number of hydrogen-bond acceptors (Lipinski definition) is 2. The number of carboxylic acid groups (broad SMARTS) is 1. The van der Waals surface area contributed by atoms with Gasteiger partial charge in [0.2, 0.25) is 0 Å². The van der Waals surface area contributed by atoms with Crippen LogP contribution in [0.2, 0.25) is 0 Å². The first-order chi connectivity index (χ1) is 11.2. The quantitative estimate of drug-likeness (QED) is 0.716. The third-order valence-corrected chi connectivity index (χ3v) is 9.53. The summed E-state index contributed by atoms with van der Waals surface area (Å²) in [5, 5.41) is 12.3. The molecule has 23 heavy (non-hydrogen) atoms. The lowest BCUT2D eigenvalue weighted by Gasteiger charge is -2.36. The van der Waals surface area contributed by atoms with E-state index < -0.39 is 5.97 Å². The highest BCUT2D eigenvalue weighted by Gasteiger charge is 2.45. The summed E-state index contributed by atoms with van der Waals surface area (Å²) >= 11 is 0. The van der Waals surface area contributed by atoms with Crippen molar-refractivity contribution in [2.75, 3.05) is 0 Å². The van der Waals surface area contributed by atoms with E-state index in [1.54, 1.807) is 77.0 Å². The predicted octanol–water partition coefficient (Wildman–Crippen LogP) is 4.36. The van der Waals surface area contributed by atoms with Gasteiger partial charge in [-0.25, -0.2) is 0 Å². The van der Waals surface area contributed by atoms with Gasteiger partial charge in [-0.2, -0.15) is 0 Å². The molecule has 0 N–H and O–H groups in total. The zero-order valence-corrected chi connectivity index (χ0v) is 15.9. The molecule has 3 heteroatoms. The fourth-order valence-corrected chi connectivity index (χ4v) is 9.09. The standard InChI is InChI=1S/C18H33S.C2H4O2/c1-4-10-16(11-5-1)19(17-12-6-2-7-13-17)18-14-8-3-9-15-18;1-2(3)4/h16-18H,1-15H2;1H3,(H,3,4)/q+1;/p-1. The Morgan fingerprint density at radius 1 is 0.652 bits per heavy atom. The lowest BCUT2D eigenvalue weighted by molar-refractivity contribution is -0.302. The van der Waals surface area contributed by atoms with Gasteiger partial charge in [-0.3, -0.25) is 0 Å². The summed E-state index contributed by atoms with van der Waals surface area (Å²) in [7, 11) is 0.816. The minimum atomic E-state index is -1.08. The second-order valence-corrected chi connectivity index (χ2v) is 10.5. The van der Waals surface area contributed by atoms with Gasteiger partial charge in [-0.1, -0.05) is 19.3 Å². The van der Waals surface area contributed by atoms with Crippen LogP contribution in [-0.2, 0) is 15.7 Å². The Hall–Kier alpha value is -0.180. The number of carbonyl (C=O) groups is 1. The van der Waals surface area contributed by atoms with Crippen molar-refractivity contribution in [1.29, 1.82) is 0 Å². The van der Waals surface area contributed by atoms with Crippen molar-refractivity contribution < 1.29 is 9.90 Å². The monoisotopic (exact) mass is 340 g/mol. The van der Waals surface area contributed by atoms with Crippen molar-refractivity contribution in [1.82, 2.24) is 0 Å². The van der Waals surface area contributed by atoms with Crippen LogP contribution >= 0.6 is 0 Å². The fraction of sp³-hybridized carbons (Fsp3) is 0.950. The summed E-state index contributed by atoms with van der Waals surface area (Å²) in [6, 6.07) is 0. The first-order valence-corrected chi connectivity index (χ1v) is 11.5. The van der Waals surface area contributed by atoms with Crippen LogP contribution in [0, 0.1) is 0 Å². The smallest absolute Gasteiger partial charge is 0.118 e. The second-order valence-electron chi connectivity index (χ2n) is 7.68. The van der Waals surface area contributed by atoms with E-state index in [4.69, 9.17) is 9.90 Å². The molecule has 0 saturated heterocycles. The molecule has 3 rings (SSSR count). The molecule has 0 radical (unpaired) electrons. The van der Waals surface area contributed by atoms with Crippen molar-refractivity contribution in [3.63, 3.8) is 0 Å². The van der Waals surface area contributed by atoms with Crippen molar-refractivity contribution in [2.24, 2.45) is 0 Å². The number of carbonyl (C=O) groups excluding carboxylic acids is 1. The summed E-state index contributed by atoms with van der Waals surface area (Å²) in [6.45, 7) is 0.972. The van der Waals surface area contributed by atoms with Gasteiger partial charge in [0.15, 0.2) is 0 Å². The molecule has 0 aromatic rings. The lowest BCUT2D eigenvalue weighted by Crippen LogP contribution is -2.43. The van der Waals surface area contributed by atoms with Crippen molar-refractivity contribution >= 4 is 16.9 Å². The van der Waals surface area contributed by atoms with Crippen LogP contribution in [0.3, 0.4) is 0 Å². The van der Waals surface area contributed by atoms with Crippen molar-refractivity contribution in [3.8, 4) is 0 Å². The third kappa shape index (κ3) is 6.68. The van der Waals surface area contributed by atoms with Gasteiger partial charge in [0.1, 0.15) is 15.7 Å². The molecule has 3 saturated carbocycles. The molecule has 2 nitrogen and oxygen atoms in total. The molecule has 0 bridgehead atoms. The summed E-state index contributed by atoms with van der Waals surface area (Å²) in [5.41, 5.74) is 0. The normalized spacial score (nSPS) is 25.0. The zero-order chi connectivity index (χ0) is 16.5. The Morgan fingerprint density at radius 3 is 1.09 bits per heavy atom. The van der Waals surface area contributed by atoms with E-state index in [1.807, 2.05) is 0 Å². The Labute approximate surface area is 146 Å². The first-order valence-electron chi connectivity index (χ1n) is 10.1. The maximum Gasteiger partial charge on any atom is 0.118 e. The van der Waals surface area contributed by atoms with Gasteiger partial charge < -0.3 is 9.90 Å². The van der Waals surface area contributed by atoms with Gasteiger partial charge >= 0.3 is 0 Å². The number of carboxylic acids is 1. The van der Waals surface area contributed by atoms with Crippen LogP contribution < -0.4 is 5.11 Å². The molecule has 0 unspecified atom stereocenters. The van der Waals surface area contributed by atoms with Crippen LogP contribution in [0.25, 0.3) is 0 Å². The summed E-state index contributed by atoms with van der Waals surface area (Å²) in [4.78, 5) is 8.89. The molecule has 0 heterocycles. The van der Waals surface area contributed by atoms with Crippen LogP contribution in [0.15, 0.2) is 0 Å². The highest BCUT2D eigenvalue weighted by molar-refractivity contribution is 7.98. The predicted molar refractivity (Wildman–Crippen MR) is 98.7 cm³/mol. The molecule has 0 aromatic carbocycles. The topological polar surface area (TPSA) is 40.1 Å². The van der Waals surface area contributed by atoms with E-state index in [1.165, 1.54) is 19.3 Å². The maximum absolute atomic E-state index is 8.89. The van der Waals surface area contributed by atoms with E-state index in [0.717, 1.165) is 33.6 Å². The second kappa shape index (κ2) is 10.6. The summed E-state index contributed by atoms with van der Waals surface area (Å²) in [6.07, 6.45) is 23.4. The number of rotatable bonds is 3. The molecule has 0 aromatic heterocycles. The van der Waals surface area contributed by atoms with E-state index in [9.17, 15) is 0 Å². The molecule has 3 aliphatic carbocycles. The average molecular weight is 341 g/mol. The van der Waals surface area contributed by atoms with Gasteiger partial charge in [0.05, 0.1) is 0 Å². The molecule has 3 aliphatic rings. The summed E-state index contributed by atoms with van der Waals surface area (Å²) in [5.74, 6) is -1.08. The van der Waals surface area contributed by atoms with Gasteiger partial charge in [0, 0.05) is 5.97 Å². The maximum atomic E-state index is 8.89. The van der Waals surface area contributed by atoms with Gasteiger partial charge in [-0.15, -0.1) is 0 Å². The Bertz CT molecular complexity index is 280. The highest BCUT2D eigenvalue weighted by atomic mass is 32.2. The van der Waals surface area contributed by atoms with Gasteiger partial charge in [-0.05, 0) is 94.9 Å². The molecule has 0 amide bonds. The summed E-state index contributed by atoms with van der Waals surface area (Å²) < 4.78 is 0. The minimum Gasteiger partial charge on any atom is -0.550 e. The molecule has 3 fully saturated rings. The number of hydrogen-bond donors (Lipinski definition) is 0. The first kappa shape index (κ1) is 19.1. The van der Waals surface area contributed by atoms with Crippen LogP contribution in [-0.4, -0.2) is 21.7 Å². The Morgan fingerprint density at radius 2 is 0.870 bits per heavy atom. The fourth-order valence-electron chi connectivity index (χ4n) is 4.83. The van der Waals surface area contributed by atoms with E-state index in [0.29, 0.717) is 0 Å². The van der Waals surface area contributed by atoms with Crippen LogP contribution in [0.1, 0.15) is 103 Å². The van der Waals surface area contributed by atoms with E-state index >= 15 is 0 Å². The highest BCUT2D eigenvalue weighted by Crippen LogP contribution is 2.40. The van der Waals surface area contributed by atoms with Crippen LogP contribution in [0.4, 0.5) is 0 Å². The van der Waals surface area contributed by atoms with E-state index in [-0.39, 0.29) is 0 Å². The molecule has 0 atom stereocenters. The molecule has 134 valence electrons. The molecule has 0 spiro atoms. The molecular weight excluding hydrogens is 304 g/mol. The average Bonchev–Trinajstić information content (AvgIpc) is 2.58. The SMILES string of the molecule is C1CCC([S+](C2CCCCC2)C2CCCCC2)CC1.CC(=O)[O-]. The number of aliphatic carboxylic acids is 1. The van der Waals surface area contributed by atoms with E-state index in [2.05, 4.69) is 0 Å². The lowest BCUT2D eigenvalue weighted by atomic mass is 9.99.